The quantitative estimate of drug-likeness (QED) is 0.622. The van der Waals surface area contributed by atoms with Crippen LogP contribution in [0.3, 0.4) is 0 Å². The van der Waals surface area contributed by atoms with Crippen LogP contribution in [0.1, 0.15) is 41.4 Å². The molecule has 0 unspecified atom stereocenters. The highest BCUT2D eigenvalue weighted by Crippen LogP contribution is 2.54. The molecule has 0 saturated carbocycles. The lowest BCUT2D eigenvalue weighted by Gasteiger charge is -2.32. The first-order chi connectivity index (χ1) is 15.3. The average Bonchev–Trinajstić information content (AvgIpc) is 3.32. The molecule has 1 saturated heterocycles. The highest BCUT2D eigenvalue weighted by Gasteiger charge is 2.65. The van der Waals surface area contributed by atoms with Gasteiger partial charge in [-0.2, -0.15) is 17.6 Å². The molecule has 4 atom stereocenters. The van der Waals surface area contributed by atoms with Crippen molar-refractivity contribution < 1.29 is 45.4 Å². The van der Waals surface area contributed by atoms with Crippen molar-refractivity contribution in [3.8, 4) is 5.75 Å². The molecule has 12 heteroatoms. The summed E-state index contributed by atoms with van der Waals surface area (Å²) < 4.78 is 85.0. The molecule has 0 bridgehead atoms. The van der Waals surface area contributed by atoms with Gasteiger partial charge in [-0.15, -0.1) is 0 Å². The molecule has 0 aliphatic carbocycles. The number of alkyl halides is 3. The van der Waals surface area contributed by atoms with Crippen molar-refractivity contribution in [3.63, 3.8) is 0 Å². The maximum absolute atomic E-state index is 14.3. The Balaban J connectivity index is 1.97. The van der Waals surface area contributed by atoms with E-state index >= 15 is 0 Å². The normalized spacial score (nSPS) is 25.2. The molecule has 180 valence electrons. The standard InChI is InChI=1S/C21H21F5N2O5/c1-9-14(12-4-5-13(22)15(23)16(12)31-3)17(33-20(9,2)21(24,25)26)19(30)28-7-11-6-10(8-32-11)18(27)29/h4-6,8-9,14,17H,7H2,1-3H3,(H2,27,29)(H,28,30)/t9-,14-,17+,20+/m0/s1. The monoisotopic (exact) mass is 476 g/mol. The first-order valence-corrected chi connectivity index (χ1v) is 9.73. The minimum absolute atomic E-state index is 0.0408. The van der Waals surface area contributed by atoms with Crippen molar-refractivity contribution in [1.29, 1.82) is 0 Å². The third kappa shape index (κ3) is 4.26. The maximum atomic E-state index is 14.3. The van der Waals surface area contributed by atoms with Crippen LogP contribution in [-0.2, 0) is 16.1 Å². The van der Waals surface area contributed by atoms with Crippen molar-refractivity contribution in [1.82, 2.24) is 5.32 Å². The van der Waals surface area contributed by atoms with Crippen LogP contribution in [0, 0.1) is 17.6 Å². The van der Waals surface area contributed by atoms with Gasteiger partial charge in [0.25, 0.3) is 5.91 Å². The Morgan fingerprint density at radius 3 is 2.48 bits per heavy atom. The molecule has 2 amide bonds. The summed E-state index contributed by atoms with van der Waals surface area (Å²) in [7, 11) is 1.03. The van der Waals surface area contributed by atoms with Gasteiger partial charge in [0.2, 0.25) is 11.7 Å². The van der Waals surface area contributed by atoms with Crippen LogP contribution in [0.15, 0.2) is 28.9 Å². The summed E-state index contributed by atoms with van der Waals surface area (Å²) in [6, 6.07) is 3.07. The largest absolute Gasteiger partial charge is 0.493 e. The Labute approximate surface area is 185 Å². The fourth-order valence-electron chi connectivity index (χ4n) is 3.92. The molecular formula is C21H21F5N2O5. The van der Waals surface area contributed by atoms with E-state index in [2.05, 4.69) is 5.32 Å². The summed E-state index contributed by atoms with van der Waals surface area (Å²) in [5.74, 6) is -7.59. The number of hydrogen-bond donors (Lipinski definition) is 2. The van der Waals surface area contributed by atoms with Gasteiger partial charge in [0.15, 0.2) is 17.2 Å². The number of nitrogens with one attached hydrogen (secondary N) is 1. The molecular weight excluding hydrogens is 455 g/mol. The molecule has 1 aromatic carbocycles. The first-order valence-electron chi connectivity index (χ1n) is 9.73. The summed E-state index contributed by atoms with van der Waals surface area (Å²) in [6.07, 6.45) is -5.53. The molecule has 3 N–H and O–H groups in total. The van der Waals surface area contributed by atoms with Crippen LogP contribution in [0.25, 0.3) is 0 Å². The number of carbonyl (C=O) groups is 2. The van der Waals surface area contributed by atoms with Crippen LogP contribution in [0.5, 0.6) is 5.75 Å². The second kappa shape index (κ2) is 8.65. The number of halogens is 5. The second-order valence-corrected chi connectivity index (χ2v) is 7.83. The lowest BCUT2D eigenvalue weighted by Crippen LogP contribution is -2.47. The van der Waals surface area contributed by atoms with Gasteiger partial charge < -0.3 is 24.9 Å². The number of ether oxygens (including phenoxy) is 2. The number of hydrogen-bond acceptors (Lipinski definition) is 5. The summed E-state index contributed by atoms with van der Waals surface area (Å²) in [6.45, 7) is 1.71. The highest BCUT2D eigenvalue weighted by atomic mass is 19.4. The van der Waals surface area contributed by atoms with Gasteiger partial charge in [-0.1, -0.05) is 13.0 Å². The average molecular weight is 476 g/mol. The zero-order chi connectivity index (χ0) is 24.7. The van der Waals surface area contributed by atoms with E-state index in [-0.39, 0.29) is 23.4 Å². The first kappa shape index (κ1) is 24.5. The van der Waals surface area contributed by atoms with Crippen molar-refractivity contribution in [3.05, 3.63) is 53.0 Å². The zero-order valence-corrected chi connectivity index (χ0v) is 17.8. The Kier molecular flexibility index (Phi) is 6.42. The molecule has 2 aromatic rings. The van der Waals surface area contributed by atoms with E-state index in [9.17, 15) is 31.5 Å². The van der Waals surface area contributed by atoms with E-state index in [0.717, 1.165) is 32.4 Å². The minimum atomic E-state index is -4.87. The van der Waals surface area contributed by atoms with Gasteiger partial charge in [0, 0.05) is 17.4 Å². The third-order valence-electron chi connectivity index (χ3n) is 5.95. The Morgan fingerprint density at radius 1 is 1.27 bits per heavy atom. The molecule has 1 fully saturated rings. The molecule has 1 aliphatic rings. The van der Waals surface area contributed by atoms with E-state index < -0.39 is 58.9 Å². The van der Waals surface area contributed by atoms with E-state index in [0.29, 0.717) is 0 Å². The van der Waals surface area contributed by atoms with Gasteiger partial charge in [0.1, 0.15) is 18.1 Å². The topological polar surface area (TPSA) is 104 Å². The molecule has 1 aliphatic heterocycles. The summed E-state index contributed by atoms with van der Waals surface area (Å²) in [4.78, 5) is 24.1. The van der Waals surface area contributed by atoms with E-state index in [4.69, 9.17) is 19.6 Å². The lowest BCUT2D eigenvalue weighted by molar-refractivity contribution is -0.272. The number of amides is 2. The van der Waals surface area contributed by atoms with Crippen molar-refractivity contribution in [2.24, 2.45) is 11.7 Å². The number of rotatable bonds is 6. The van der Waals surface area contributed by atoms with Crippen molar-refractivity contribution >= 4 is 11.8 Å². The molecule has 7 nitrogen and oxygen atoms in total. The van der Waals surface area contributed by atoms with Crippen molar-refractivity contribution in [2.45, 2.75) is 44.2 Å². The minimum Gasteiger partial charge on any atom is -0.493 e. The van der Waals surface area contributed by atoms with E-state index in [1.807, 2.05) is 0 Å². The predicted molar refractivity (Wildman–Crippen MR) is 103 cm³/mol. The van der Waals surface area contributed by atoms with Crippen LogP contribution in [0.2, 0.25) is 0 Å². The number of methoxy groups -OCH3 is 1. The van der Waals surface area contributed by atoms with E-state index in [1.54, 1.807) is 0 Å². The summed E-state index contributed by atoms with van der Waals surface area (Å²) >= 11 is 0. The number of nitrogens with two attached hydrogens (primary N) is 1. The Bertz CT molecular complexity index is 1070. The molecule has 1 aromatic heterocycles. The van der Waals surface area contributed by atoms with Gasteiger partial charge in [-0.05, 0) is 19.1 Å². The Hall–Kier alpha value is -3.15. The molecule has 0 radical (unpaired) electrons. The number of primary amides is 1. The zero-order valence-electron chi connectivity index (χ0n) is 17.8. The third-order valence-corrected chi connectivity index (χ3v) is 5.95. The SMILES string of the molecule is COc1c([C@H]2[C@H](C(=O)NCc3cc(C(N)=O)co3)O[C@@](C)(C(F)(F)F)[C@H]2C)ccc(F)c1F. The van der Waals surface area contributed by atoms with Crippen LogP contribution >= 0.6 is 0 Å². The van der Waals surface area contributed by atoms with Gasteiger partial charge in [0.05, 0.1) is 19.2 Å². The summed E-state index contributed by atoms with van der Waals surface area (Å²) in [5, 5.41) is 2.38. The van der Waals surface area contributed by atoms with Gasteiger partial charge in [-0.25, -0.2) is 4.39 Å². The molecule has 3 rings (SSSR count). The molecule has 33 heavy (non-hydrogen) atoms. The second-order valence-electron chi connectivity index (χ2n) is 7.83. The molecule has 2 heterocycles. The van der Waals surface area contributed by atoms with E-state index in [1.165, 1.54) is 13.0 Å². The van der Waals surface area contributed by atoms with Crippen LogP contribution in [0.4, 0.5) is 22.0 Å². The van der Waals surface area contributed by atoms with Gasteiger partial charge in [-0.3, -0.25) is 9.59 Å². The van der Waals surface area contributed by atoms with Gasteiger partial charge >= 0.3 is 6.18 Å². The van der Waals surface area contributed by atoms with Crippen molar-refractivity contribution in [2.75, 3.05) is 7.11 Å². The lowest BCUT2D eigenvalue weighted by atomic mass is 9.77. The van der Waals surface area contributed by atoms with Crippen LogP contribution in [-0.4, -0.2) is 36.8 Å². The number of benzene rings is 1. The fourth-order valence-corrected chi connectivity index (χ4v) is 3.92. The maximum Gasteiger partial charge on any atom is 0.417 e. The smallest absolute Gasteiger partial charge is 0.417 e. The Morgan fingerprint density at radius 2 is 1.94 bits per heavy atom. The predicted octanol–water partition coefficient (Wildman–Crippen LogP) is 3.42. The highest BCUT2D eigenvalue weighted by molar-refractivity contribution is 5.92. The number of furan rings is 1. The summed E-state index contributed by atoms with van der Waals surface area (Å²) in [5.41, 5.74) is 2.25. The number of carbonyl (C=O) groups excluding carboxylic acids is 2. The molecule has 0 spiro atoms. The van der Waals surface area contributed by atoms with Crippen LogP contribution < -0.4 is 15.8 Å². The fraction of sp³-hybridized carbons (Fsp3) is 0.429.